The van der Waals surface area contributed by atoms with Crippen LogP contribution in [0, 0.1) is 5.92 Å². The van der Waals surface area contributed by atoms with Crippen molar-refractivity contribution in [2.24, 2.45) is 13.0 Å². The lowest BCUT2D eigenvalue weighted by Crippen LogP contribution is -2.26. The predicted molar refractivity (Wildman–Crippen MR) is 67.7 cm³/mol. The second-order valence-electron chi connectivity index (χ2n) is 5.17. The molecule has 2 N–H and O–H groups in total. The minimum absolute atomic E-state index is 0.509. The minimum Gasteiger partial charge on any atom is -0.369 e. The van der Waals surface area contributed by atoms with Crippen molar-refractivity contribution in [3.8, 4) is 0 Å². The van der Waals surface area contributed by atoms with E-state index < -0.39 is 0 Å². The van der Waals surface area contributed by atoms with E-state index in [1.165, 1.54) is 12.8 Å². The van der Waals surface area contributed by atoms with Crippen LogP contribution in [0.3, 0.4) is 0 Å². The molecule has 0 amide bonds. The average molecular weight is 233 g/mol. The zero-order valence-electron chi connectivity index (χ0n) is 10.6. The summed E-state index contributed by atoms with van der Waals surface area (Å²) in [7, 11) is 1.97. The number of aromatic nitrogens is 4. The summed E-state index contributed by atoms with van der Waals surface area (Å²) < 4.78 is 4.09. The zero-order chi connectivity index (χ0) is 12.2. The maximum Gasteiger partial charge on any atom is 0.202 e. The van der Waals surface area contributed by atoms with E-state index in [0.29, 0.717) is 12.0 Å². The summed E-state index contributed by atoms with van der Waals surface area (Å²) >= 11 is 0. The lowest BCUT2D eigenvalue weighted by atomic mass is 9.82. The van der Waals surface area contributed by atoms with Crippen LogP contribution >= 0.6 is 0 Å². The van der Waals surface area contributed by atoms with Gasteiger partial charge in [-0.05, 0) is 25.2 Å². The molecule has 0 bridgehead atoms. The highest BCUT2D eigenvalue weighted by Crippen LogP contribution is 2.40. The molecule has 2 aromatic heterocycles. The lowest BCUT2D eigenvalue weighted by molar-refractivity contribution is 0.221. The van der Waals surface area contributed by atoms with Crippen LogP contribution in [-0.4, -0.2) is 19.3 Å². The Hall–Kier alpha value is -1.52. The van der Waals surface area contributed by atoms with Crippen molar-refractivity contribution in [3.63, 3.8) is 0 Å². The summed E-state index contributed by atoms with van der Waals surface area (Å²) in [6, 6.07) is 0.509. The molecule has 1 saturated carbocycles. The van der Waals surface area contributed by atoms with Gasteiger partial charge in [-0.1, -0.05) is 13.8 Å². The van der Waals surface area contributed by atoms with Gasteiger partial charge in [-0.2, -0.15) is 5.10 Å². The van der Waals surface area contributed by atoms with Crippen molar-refractivity contribution in [2.75, 3.05) is 5.73 Å². The Morgan fingerprint density at radius 3 is 2.71 bits per heavy atom. The number of nitrogens with zero attached hydrogens (tertiary/aromatic N) is 4. The molecule has 0 spiro atoms. The first-order valence-electron chi connectivity index (χ1n) is 6.31. The van der Waals surface area contributed by atoms with Crippen LogP contribution in [0.5, 0.6) is 0 Å². The van der Waals surface area contributed by atoms with E-state index in [1.807, 2.05) is 11.7 Å². The van der Waals surface area contributed by atoms with Gasteiger partial charge >= 0.3 is 0 Å². The fourth-order valence-electron chi connectivity index (χ4n) is 2.89. The van der Waals surface area contributed by atoms with E-state index in [2.05, 4.69) is 28.5 Å². The van der Waals surface area contributed by atoms with Gasteiger partial charge in [0.05, 0.1) is 5.69 Å². The molecule has 92 valence electrons. The van der Waals surface area contributed by atoms with Gasteiger partial charge in [0.25, 0.3) is 0 Å². The van der Waals surface area contributed by atoms with E-state index in [9.17, 15) is 0 Å². The SMILES string of the molecule is CCc1nn(C)c2c1nc(N)n2C1CC(C)C1. The van der Waals surface area contributed by atoms with Gasteiger partial charge in [0.15, 0.2) is 5.65 Å². The van der Waals surface area contributed by atoms with Gasteiger partial charge in [0.2, 0.25) is 5.95 Å². The highest BCUT2D eigenvalue weighted by atomic mass is 15.4. The Bertz CT molecular complexity index is 559. The highest BCUT2D eigenvalue weighted by Gasteiger charge is 2.31. The van der Waals surface area contributed by atoms with Crippen LogP contribution in [0.2, 0.25) is 0 Å². The number of rotatable bonds is 2. The van der Waals surface area contributed by atoms with Gasteiger partial charge in [0, 0.05) is 13.1 Å². The third kappa shape index (κ3) is 1.38. The zero-order valence-corrected chi connectivity index (χ0v) is 10.6. The number of nitrogen functional groups attached to an aromatic ring is 1. The Morgan fingerprint density at radius 1 is 1.41 bits per heavy atom. The smallest absolute Gasteiger partial charge is 0.202 e. The lowest BCUT2D eigenvalue weighted by Gasteiger charge is -2.34. The summed E-state index contributed by atoms with van der Waals surface area (Å²) in [5, 5.41) is 4.51. The first kappa shape index (κ1) is 10.6. The standard InChI is InChI=1S/C12H19N5/c1-4-9-10-11(16(3)15-9)17(12(13)14-10)8-5-7(2)6-8/h7-8H,4-6H2,1-3H3,(H2,13,14). The van der Waals surface area contributed by atoms with Crippen molar-refractivity contribution in [1.82, 2.24) is 19.3 Å². The molecular formula is C12H19N5. The van der Waals surface area contributed by atoms with Gasteiger partial charge in [0.1, 0.15) is 5.52 Å². The second-order valence-corrected chi connectivity index (χ2v) is 5.17. The van der Waals surface area contributed by atoms with E-state index in [1.54, 1.807) is 0 Å². The van der Waals surface area contributed by atoms with Gasteiger partial charge in [-0.15, -0.1) is 0 Å². The summed E-state index contributed by atoms with van der Waals surface area (Å²) in [5.41, 5.74) is 9.16. The van der Waals surface area contributed by atoms with Crippen molar-refractivity contribution < 1.29 is 0 Å². The van der Waals surface area contributed by atoms with Gasteiger partial charge in [-0.25, -0.2) is 4.98 Å². The number of hydrogen-bond donors (Lipinski definition) is 1. The molecule has 2 aromatic rings. The molecule has 0 aliphatic heterocycles. The molecule has 5 heteroatoms. The van der Waals surface area contributed by atoms with Crippen LogP contribution in [0.15, 0.2) is 0 Å². The fraction of sp³-hybridized carbons (Fsp3) is 0.667. The molecule has 0 radical (unpaired) electrons. The van der Waals surface area contributed by atoms with Crippen LogP contribution < -0.4 is 5.73 Å². The number of imidazole rings is 1. The highest BCUT2D eigenvalue weighted by molar-refractivity contribution is 5.78. The van der Waals surface area contributed by atoms with Gasteiger partial charge in [-0.3, -0.25) is 9.25 Å². The first-order valence-corrected chi connectivity index (χ1v) is 6.31. The monoisotopic (exact) mass is 233 g/mol. The van der Waals surface area contributed by atoms with Crippen LogP contribution in [0.25, 0.3) is 11.2 Å². The van der Waals surface area contributed by atoms with Crippen LogP contribution in [-0.2, 0) is 13.5 Å². The molecule has 1 aliphatic rings. The number of nitrogens with two attached hydrogens (primary N) is 1. The third-order valence-electron chi connectivity index (χ3n) is 3.81. The molecule has 2 heterocycles. The third-order valence-corrected chi connectivity index (χ3v) is 3.81. The summed E-state index contributed by atoms with van der Waals surface area (Å²) in [4.78, 5) is 4.49. The summed E-state index contributed by atoms with van der Waals surface area (Å²) in [6.07, 6.45) is 3.29. The largest absolute Gasteiger partial charge is 0.369 e. The predicted octanol–water partition coefficient (Wildman–Crippen LogP) is 1.89. The minimum atomic E-state index is 0.509. The van der Waals surface area contributed by atoms with Crippen molar-refractivity contribution in [1.29, 1.82) is 0 Å². The molecule has 17 heavy (non-hydrogen) atoms. The molecule has 0 aromatic carbocycles. The topological polar surface area (TPSA) is 61.7 Å². The van der Waals surface area contributed by atoms with E-state index in [-0.39, 0.29) is 0 Å². The number of fused-ring (bicyclic) bond motifs is 1. The quantitative estimate of drug-likeness (QED) is 0.861. The van der Waals surface area contributed by atoms with Crippen LogP contribution in [0.4, 0.5) is 5.95 Å². The van der Waals surface area contributed by atoms with E-state index in [0.717, 1.165) is 29.2 Å². The normalized spacial score (nSPS) is 24.2. The number of hydrogen-bond acceptors (Lipinski definition) is 3. The van der Waals surface area contributed by atoms with Crippen molar-refractivity contribution in [3.05, 3.63) is 5.69 Å². The number of anilines is 1. The van der Waals surface area contributed by atoms with E-state index in [4.69, 9.17) is 5.73 Å². The Labute approximate surface area is 101 Å². The maximum absolute atomic E-state index is 6.06. The summed E-state index contributed by atoms with van der Waals surface area (Å²) in [6.45, 7) is 4.38. The molecule has 0 saturated heterocycles. The maximum atomic E-state index is 6.06. The van der Waals surface area contributed by atoms with Crippen LogP contribution in [0.1, 0.15) is 38.4 Å². The van der Waals surface area contributed by atoms with Crippen molar-refractivity contribution in [2.45, 2.75) is 39.2 Å². The fourth-order valence-corrected chi connectivity index (χ4v) is 2.89. The molecule has 1 fully saturated rings. The molecule has 0 atom stereocenters. The molecule has 0 unspecified atom stereocenters. The average Bonchev–Trinajstić information content (AvgIpc) is 2.72. The van der Waals surface area contributed by atoms with Crippen molar-refractivity contribution >= 4 is 17.1 Å². The summed E-state index contributed by atoms with van der Waals surface area (Å²) in [5.74, 6) is 1.44. The Kier molecular flexibility index (Phi) is 2.18. The second kappa shape index (κ2) is 3.48. The molecule has 1 aliphatic carbocycles. The first-order chi connectivity index (χ1) is 8.11. The van der Waals surface area contributed by atoms with Gasteiger partial charge < -0.3 is 5.73 Å². The molecule has 5 nitrogen and oxygen atoms in total. The molecular weight excluding hydrogens is 214 g/mol. The number of aryl methyl sites for hydroxylation is 2. The Morgan fingerprint density at radius 2 is 2.12 bits per heavy atom. The molecule has 3 rings (SSSR count). The Balaban J connectivity index is 2.17. The van der Waals surface area contributed by atoms with E-state index >= 15 is 0 Å².